The van der Waals surface area contributed by atoms with Crippen molar-refractivity contribution in [2.75, 3.05) is 6.54 Å². The number of amides is 1. The summed E-state index contributed by atoms with van der Waals surface area (Å²) in [6, 6.07) is 0.552. The zero-order valence-electron chi connectivity index (χ0n) is 9.61. The molecule has 1 aliphatic heterocycles. The molecule has 2 fully saturated rings. The number of piperidine rings is 1. The van der Waals surface area contributed by atoms with Gasteiger partial charge in [-0.1, -0.05) is 18.9 Å². The minimum atomic E-state index is 0.231. The largest absolute Gasteiger partial charge is 0.336 e. The fraction of sp³-hybridized carbons (Fsp3) is 0.769. The first-order valence-corrected chi connectivity index (χ1v) is 6.26. The fourth-order valence-electron chi connectivity index (χ4n) is 3.14. The Kier molecular flexibility index (Phi) is 3.45. The summed E-state index contributed by atoms with van der Waals surface area (Å²) >= 11 is 0. The van der Waals surface area contributed by atoms with Crippen molar-refractivity contribution < 1.29 is 4.79 Å². The van der Waals surface area contributed by atoms with Crippen molar-refractivity contribution in [1.82, 2.24) is 4.90 Å². The lowest BCUT2D eigenvalue weighted by atomic mass is 9.78. The van der Waals surface area contributed by atoms with Gasteiger partial charge in [-0.2, -0.15) is 0 Å². The third-order valence-corrected chi connectivity index (χ3v) is 3.84. The Morgan fingerprint density at radius 2 is 1.93 bits per heavy atom. The zero-order chi connectivity index (χ0) is 10.7. The van der Waals surface area contributed by atoms with E-state index in [2.05, 4.69) is 4.90 Å². The van der Waals surface area contributed by atoms with E-state index in [1.54, 1.807) is 6.08 Å². The Hall–Kier alpha value is -0.790. The van der Waals surface area contributed by atoms with Gasteiger partial charge >= 0.3 is 0 Å². The van der Waals surface area contributed by atoms with E-state index in [0.29, 0.717) is 6.04 Å². The van der Waals surface area contributed by atoms with Gasteiger partial charge in [-0.25, -0.2) is 0 Å². The summed E-state index contributed by atoms with van der Waals surface area (Å²) in [6.45, 7) is 2.89. The fourth-order valence-corrected chi connectivity index (χ4v) is 3.14. The SMILES string of the molecule is CC=CC(=O)N1CCCC2CCCCC21. The van der Waals surface area contributed by atoms with E-state index in [1.807, 2.05) is 13.0 Å². The van der Waals surface area contributed by atoms with Crippen LogP contribution in [0.25, 0.3) is 0 Å². The van der Waals surface area contributed by atoms with Crippen LogP contribution in [0.15, 0.2) is 12.2 Å². The van der Waals surface area contributed by atoms with E-state index in [1.165, 1.54) is 38.5 Å². The monoisotopic (exact) mass is 207 g/mol. The second kappa shape index (κ2) is 4.82. The molecule has 2 rings (SSSR count). The molecule has 2 unspecified atom stereocenters. The van der Waals surface area contributed by atoms with Crippen LogP contribution in [-0.4, -0.2) is 23.4 Å². The Morgan fingerprint density at radius 1 is 1.20 bits per heavy atom. The number of nitrogens with zero attached hydrogens (tertiary/aromatic N) is 1. The number of hydrogen-bond acceptors (Lipinski definition) is 1. The van der Waals surface area contributed by atoms with Gasteiger partial charge in [0, 0.05) is 12.6 Å². The summed E-state index contributed by atoms with van der Waals surface area (Å²) in [6.07, 6.45) is 11.4. The van der Waals surface area contributed by atoms with E-state index >= 15 is 0 Å². The molecule has 1 saturated carbocycles. The standard InChI is InChI=1S/C13H21NO/c1-2-6-13(15)14-10-5-8-11-7-3-4-9-12(11)14/h2,6,11-12H,3-5,7-10H2,1H3. The first-order valence-electron chi connectivity index (χ1n) is 6.26. The molecule has 2 aliphatic rings. The Balaban J connectivity index is 2.06. The second-order valence-electron chi connectivity index (χ2n) is 4.79. The molecule has 0 aromatic heterocycles. The summed E-state index contributed by atoms with van der Waals surface area (Å²) in [7, 11) is 0. The summed E-state index contributed by atoms with van der Waals surface area (Å²) < 4.78 is 0. The summed E-state index contributed by atoms with van der Waals surface area (Å²) in [5.74, 6) is 1.02. The predicted molar refractivity (Wildman–Crippen MR) is 61.5 cm³/mol. The van der Waals surface area contributed by atoms with Crippen molar-refractivity contribution in [1.29, 1.82) is 0 Å². The van der Waals surface area contributed by atoms with Crippen LogP contribution in [0, 0.1) is 5.92 Å². The molecule has 1 amide bonds. The molecule has 0 aromatic rings. The molecule has 1 heterocycles. The number of carbonyl (C=O) groups excluding carboxylic acids is 1. The number of likely N-dealkylation sites (tertiary alicyclic amines) is 1. The first-order chi connectivity index (χ1) is 7.33. The molecule has 0 aromatic carbocycles. The van der Waals surface area contributed by atoms with Gasteiger partial charge in [0.2, 0.25) is 5.91 Å². The molecule has 2 atom stereocenters. The van der Waals surface area contributed by atoms with Crippen molar-refractivity contribution in [3.05, 3.63) is 12.2 Å². The molecule has 0 bridgehead atoms. The molecular formula is C13H21NO. The highest BCUT2D eigenvalue weighted by Gasteiger charge is 2.34. The van der Waals surface area contributed by atoms with E-state index < -0.39 is 0 Å². The van der Waals surface area contributed by atoms with Crippen LogP contribution in [-0.2, 0) is 4.79 Å². The van der Waals surface area contributed by atoms with E-state index in [-0.39, 0.29) is 5.91 Å². The van der Waals surface area contributed by atoms with Crippen LogP contribution in [0.2, 0.25) is 0 Å². The Morgan fingerprint density at radius 3 is 2.73 bits per heavy atom. The molecule has 1 saturated heterocycles. The van der Waals surface area contributed by atoms with Crippen LogP contribution in [0.1, 0.15) is 45.4 Å². The third kappa shape index (κ3) is 2.24. The number of hydrogen-bond donors (Lipinski definition) is 0. The second-order valence-corrected chi connectivity index (χ2v) is 4.79. The van der Waals surface area contributed by atoms with Gasteiger partial charge in [0.15, 0.2) is 0 Å². The van der Waals surface area contributed by atoms with Gasteiger partial charge in [0.1, 0.15) is 0 Å². The molecule has 0 radical (unpaired) electrons. The van der Waals surface area contributed by atoms with Gasteiger partial charge in [-0.05, 0) is 44.6 Å². The molecule has 1 aliphatic carbocycles. The average molecular weight is 207 g/mol. The molecule has 15 heavy (non-hydrogen) atoms. The van der Waals surface area contributed by atoms with E-state index in [0.717, 1.165) is 12.5 Å². The maximum atomic E-state index is 11.9. The minimum Gasteiger partial charge on any atom is -0.336 e. The lowest BCUT2D eigenvalue weighted by Crippen LogP contribution is -2.49. The topological polar surface area (TPSA) is 20.3 Å². The van der Waals surface area contributed by atoms with Gasteiger partial charge in [0.25, 0.3) is 0 Å². The molecule has 0 N–H and O–H groups in total. The van der Waals surface area contributed by atoms with E-state index in [4.69, 9.17) is 0 Å². The van der Waals surface area contributed by atoms with Crippen LogP contribution in [0.4, 0.5) is 0 Å². The van der Waals surface area contributed by atoms with Crippen LogP contribution >= 0.6 is 0 Å². The zero-order valence-corrected chi connectivity index (χ0v) is 9.61. The highest BCUT2D eigenvalue weighted by Crippen LogP contribution is 2.35. The first kappa shape index (κ1) is 10.7. The molecule has 2 heteroatoms. The van der Waals surface area contributed by atoms with Crippen LogP contribution in [0.5, 0.6) is 0 Å². The number of fused-ring (bicyclic) bond motifs is 1. The highest BCUT2D eigenvalue weighted by atomic mass is 16.2. The Labute approximate surface area is 92.3 Å². The quantitative estimate of drug-likeness (QED) is 0.605. The molecule has 0 spiro atoms. The normalized spacial score (nSPS) is 31.7. The predicted octanol–water partition coefficient (Wildman–Crippen LogP) is 2.74. The van der Waals surface area contributed by atoms with Gasteiger partial charge in [-0.15, -0.1) is 0 Å². The van der Waals surface area contributed by atoms with Crippen LogP contribution < -0.4 is 0 Å². The van der Waals surface area contributed by atoms with Crippen LogP contribution in [0.3, 0.4) is 0 Å². The van der Waals surface area contributed by atoms with Gasteiger partial charge in [0.05, 0.1) is 0 Å². The van der Waals surface area contributed by atoms with Crippen molar-refractivity contribution in [2.45, 2.75) is 51.5 Å². The number of carbonyl (C=O) groups is 1. The third-order valence-electron chi connectivity index (χ3n) is 3.84. The minimum absolute atomic E-state index is 0.231. The lowest BCUT2D eigenvalue weighted by Gasteiger charge is -2.43. The highest BCUT2D eigenvalue weighted by molar-refractivity contribution is 5.87. The average Bonchev–Trinajstić information content (AvgIpc) is 2.28. The van der Waals surface area contributed by atoms with Gasteiger partial charge < -0.3 is 4.90 Å². The summed E-state index contributed by atoms with van der Waals surface area (Å²) in [4.78, 5) is 14.0. The smallest absolute Gasteiger partial charge is 0.246 e. The maximum absolute atomic E-state index is 11.9. The van der Waals surface area contributed by atoms with Crippen molar-refractivity contribution in [3.63, 3.8) is 0 Å². The molecular weight excluding hydrogens is 186 g/mol. The van der Waals surface area contributed by atoms with Crippen molar-refractivity contribution in [3.8, 4) is 0 Å². The maximum Gasteiger partial charge on any atom is 0.246 e. The van der Waals surface area contributed by atoms with Crippen molar-refractivity contribution in [2.24, 2.45) is 5.92 Å². The summed E-state index contributed by atoms with van der Waals surface area (Å²) in [5, 5.41) is 0. The molecule has 84 valence electrons. The Bertz CT molecular complexity index is 257. The summed E-state index contributed by atoms with van der Waals surface area (Å²) in [5.41, 5.74) is 0. The lowest BCUT2D eigenvalue weighted by molar-refractivity contribution is -0.132. The molecule has 2 nitrogen and oxygen atoms in total. The van der Waals surface area contributed by atoms with Crippen molar-refractivity contribution >= 4 is 5.91 Å². The van der Waals surface area contributed by atoms with Gasteiger partial charge in [-0.3, -0.25) is 4.79 Å². The van der Waals surface area contributed by atoms with E-state index in [9.17, 15) is 4.79 Å². The number of rotatable bonds is 1. The number of allylic oxidation sites excluding steroid dienone is 1.